The van der Waals surface area contributed by atoms with Gasteiger partial charge in [0, 0.05) is 0 Å². The molecule has 17 heavy (non-hydrogen) atoms. The van der Waals surface area contributed by atoms with E-state index in [2.05, 4.69) is 20.8 Å². The Labute approximate surface area is 104 Å². The predicted octanol–water partition coefficient (Wildman–Crippen LogP) is 2.72. The first kappa shape index (κ1) is 12.0. The molecule has 0 saturated heterocycles. The highest BCUT2D eigenvalue weighted by Crippen LogP contribution is 2.64. The number of aliphatic hydroxyl groups excluding tert-OH is 1. The van der Waals surface area contributed by atoms with Crippen LogP contribution >= 0.6 is 0 Å². The van der Waals surface area contributed by atoms with E-state index >= 15 is 0 Å². The fraction of sp³-hybridized carbons (Fsp3) is 1.00. The molecule has 5 atom stereocenters. The molecule has 0 aromatic rings. The van der Waals surface area contributed by atoms with E-state index < -0.39 is 5.60 Å². The van der Waals surface area contributed by atoms with Crippen LogP contribution in [0.5, 0.6) is 0 Å². The topological polar surface area (TPSA) is 40.5 Å². The molecular weight excluding hydrogens is 212 g/mol. The van der Waals surface area contributed by atoms with Crippen LogP contribution in [0.3, 0.4) is 0 Å². The summed E-state index contributed by atoms with van der Waals surface area (Å²) >= 11 is 0. The smallest absolute Gasteiger partial charge is 0.0686 e. The lowest BCUT2D eigenvalue weighted by Crippen LogP contribution is -2.57. The lowest BCUT2D eigenvalue weighted by atomic mass is 9.49. The molecule has 2 heteroatoms. The van der Waals surface area contributed by atoms with Gasteiger partial charge in [0.1, 0.15) is 0 Å². The second-order valence-corrected chi connectivity index (χ2v) is 7.93. The summed E-state index contributed by atoms with van der Waals surface area (Å²) < 4.78 is 0. The maximum atomic E-state index is 11.0. The zero-order valence-electron chi connectivity index (χ0n) is 11.4. The van der Waals surface area contributed by atoms with E-state index in [0.717, 1.165) is 25.7 Å². The first-order valence-corrected chi connectivity index (χ1v) is 7.17. The second kappa shape index (κ2) is 3.27. The van der Waals surface area contributed by atoms with Crippen molar-refractivity contribution in [3.05, 3.63) is 0 Å². The summed E-state index contributed by atoms with van der Waals surface area (Å²) in [5.41, 5.74) is -0.121. The molecule has 2 nitrogen and oxygen atoms in total. The molecule has 98 valence electrons. The summed E-state index contributed by atoms with van der Waals surface area (Å²) in [4.78, 5) is 0. The van der Waals surface area contributed by atoms with Crippen molar-refractivity contribution in [1.82, 2.24) is 0 Å². The summed E-state index contributed by atoms with van der Waals surface area (Å²) in [6.07, 6.45) is 5.65. The van der Waals surface area contributed by atoms with Gasteiger partial charge in [0.25, 0.3) is 0 Å². The highest BCUT2D eigenvalue weighted by Gasteiger charge is 2.61. The highest BCUT2D eigenvalue weighted by molar-refractivity contribution is 5.12. The number of aliphatic hydroxyl groups is 2. The number of hydrogen-bond acceptors (Lipinski definition) is 2. The van der Waals surface area contributed by atoms with Gasteiger partial charge in [0.05, 0.1) is 11.7 Å². The van der Waals surface area contributed by atoms with Crippen molar-refractivity contribution in [2.45, 2.75) is 71.0 Å². The average molecular weight is 238 g/mol. The van der Waals surface area contributed by atoms with Crippen molar-refractivity contribution >= 4 is 0 Å². The van der Waals surface area contributed by atoms with Crippen molar-refractivity contribution in [3.63, 3.8) is 0 Å². The summed E-state index contributed by atoms with van der Waals surface area (Å²) in [5, 5.41) is 21.2. The van der Waals surface area contributed by atoms with Crippen LogP contribution < -0.4 is 0 Å². The highest BCUT2D eigenvalue weighted by atomic mass is 16.3. The molecule has 0 aliphatic heterocycles. The largest absolute Gasteiger partial charge is 0.393 e. The Balaban J connectivity index is 1.93. The molecule has 3 rings (SSSR count). The first-order chi connectivity index (χ1) is 7.77. The van der Waals surface area contributed by atoms with Crippen molar-refractivity contribution in [2.24, 2.45) is 22.7 Å². The molecule has 3 aliphatic carbocycles. The molecule has 0 aromatic carbocycles. The predicted molar refractivity (Wildman–Crippen MR) is 67.5 cm³/mol. The van der Waals surface area contributed by atoms with Gasteiger partial charge in [0.15, 0.2) is 0 Å². The zero-order valence-corrected chi connectivity index (χ0v) is 11.4. The minimum atomic E-state index is -0.481. The molecule has 0 aromatic heterocycles. The third kappa shape index (κ3) is 1.53. The minimum absolute atomic E-state index is 0.0413. The number of fused-ring (bicyclic) bond motifs is 4. The quantitative estimate of drug-likeness (QED) is 0.681. The van der Waals surface area contributed by atoms with Gasteiger partial charge in [-0.3, -0.25) is 0 Å². The summed E-state index contributed by atoms with van der Waals surface area (Å²) in [5.74, 6) is 1.16. The Bertz CT molecular complexity index is 338. The Kier molecular flexibility index (Phi) is 2.30. The Morgan fingerprint density at radius 3 is 2.35 bits per heavy atom. The average Bonchev–Trinajstić information content (AvgIpc) is 2.28. The van der Waals surface area contributed by atoms with Crippen LogP contribution in [-0.4, -0.2) is 21.9 Å². The third-order valence-electron chi connectivity index (χ3n) is 6.32. The molecule has 0 radical (unpaired) electrons. The summed E-state index contributed by atoms with van der Waals surface area (Å²) in [7, 11) is 0. The Hall–Kier alpha value is -0.0800. The van der Waals surface area contributed by atoms with Crippen LogP contribution in [0.15, 0.2) is 0 Å². The van der Waals surface area contributed by atoms with Crippen molar-refractivity contribution in [2.75, 3.05) is 0 Å². The van der Waals surface area contributed by atoms with Gasteiger partial charge in [-0.2, -0.15) is 0 Å². The van der Waals surface area contributed by atoms with Crippen molar-refractivity contribution in [3.8, 4) is 0 Å². The molecule has 3 aliphatic rings. The van der Waals surface area contributed by atoms with Crippen molar-refractivity contribution < 1.29 is 10.2 Å². The molecule has 2 N–H and O–H groups in total. The van der Waals surface area contributed by atoms with E-state index in [1.807, 2.05) is 0 Å². The zero-order chi connectivity index (χ0) is 12.5. The molecule has 0 unspecified atom stereocenters. The van der Waals surface area contributed by atoms with Crippen LogP contribution in [0.1, 0.15) is 59.3 Å². The maximum Gasteiger partial charge on any atom is 0.0686 e. The van der Waals surface area contributed by atoms with E-state index in [9.17, 15) is 10.2 Å². The van der Waals surface area contributed by atoms with Crippen LogP contribution in [0.2, 0.25) is 0 Å². The van der Waals surface area contributed by atoms with Gasteiger partial charge in [-0.1, -0.05) is 20.8 Å². The second-order valence-electron chi connectivity index (χ2n) is 7.93. The Morgan fingerprint density at radius 2 is 1.71 bits per heavy atom. The number of rotatable bonds is 0. The molecule has 0 amide bonds. The van der Waals surface area contributed by atoms with Gasteiger partial charge in [-0.05, 0) is 61.2 Å². The SMILES string of the molecule is CC1(C)C[C@H]2[C@@H]1CC[C@@]1(C)C[C@]2(O)CC[C@@H]1O. The summed E-state index contributed by atoms with van der Waals surface area (Å²) in [6.45, 7) is 6.86. The van der Waals surface area contributed by atoms with E-state index in [1.54, 1.807) is 0 Å². The molecule has 0 spiro atoms. The van der Waals surface area contributed by atoms with Crippen molar-refractivity contribution in [1.29, 1.82) is 0 Å². The van der Waals surface area contributed by atoms with Gasteiger partial charge in [0.2, 0.25) is 0 Å². The molecular formula is C15H26O2. The number of hydrogen-bond donors (Lipinski definition) is 2. The van der Waals surface area contributed by atoms with Crippen LogP contribution in [0.25, 0.3) is 0 Å². The summed E-state index contributed by atoms with van der Waals surface area (Å²) in [6, 6.07) is 0. The van der Waals surface area contributed by atoms with Gasteiger partial charge >= 0.3 is 0 Å². The fourth-order valence-electron chi connectivity index (χ4n) is 5.10. The molecule has 0 heterocycles. The standard InChI is InChI=1S/C15H26O2/c1-13(2)8-11-10(13)4-6-14(3)9-15(11,17)7-5-12(14)16/h10-12,16-17H,4-9H2,1-3H3/t10-,11-,12-,14-,15+/m0/s1. The maximum absolute atomic E-state index is 11.0. The van der Waals surface area contributed by atoms with Crippen LogP contribution in [0.4, 0.5) is 0 Å². The lowest BCUT2D eigenvalue weighted by Gasteiger charge is -2.58. The van der Waals surface area contributed by atoms with E-state index in [0.29, 0.717) is 17.3 Å². The molecule has 3 saturated carbocycles. The van der Waals surface area contributed by atoms with Crippen LogP contribution in [-0.2, 0) is 0 Å². The lowest BCUT2D eigenvalue weighted by molar-refractivity contribution is -0.176. The Morgan fingerprint density at radius 1 is 1.00 bits per heavy atom. The monoisotopic (exact) mass is 238 g/mol. The molecule has 2 bridgehead atoms. The normalized spacial score (nSPS) is 56.6. The van der Waals surface area contributed by atoms with Gasteiger partial charge in [-0.25, -0.2) is 0 Å². The van der Waals surface area contributed by atoms with E-state index in [-0.39, 0.29) is 11.5 Å². The first-order valence-electron chi connectivity index (χ1n) is 7.17. The van der Waals surface area contributed by atoms with E-state index in [4.69, 9.17) is 0 Å². The molecule has 3 fully saturated rings. The van der Waals surface area contributed by atoms with Gasteiger partial charge in [-0.15, -0.1) is 0 Å². The van der Waals surface area contributed by atoms with Crippen LogP contribution in [0, 0.1) is 22.7 Å². The van der Waals surface area contributed by atoms with E-state index in [1.165, 1.54) is 12.8 Å². The minimum Gasteiger partial charge on any atom is -0.393 e. The fourth-order valence-corrected chi connectivity index (χ4v) is 5.10. The third-order valence-corrected chi connectivity index (χ3v) is 6.32. The van der Waals surface area contributed by atoms with Gasteiger partial charge < -0.3 is 10.2 Å².